The number of amides is 1. The Balaban J connectivity index is 2.19. The van der Waals surface area contributed by atoms with E-state index in [2.05, 4.69) is 6.58 Å². The van der Waals surface area contributed by atoms with Crippen molar-refractivity contribution in [3.63, 3.8) is 0 Å². The Hall–Kier alpha value is -3.14. The molecule has 0 radical (unpaired) electrons. The van der Waals surface area contributed by atoms with Crippen LogP contribution in [0.3, 0.4) is 0 Å². The Morgan fingerprint density at radius 1 is 1.12 bits per heavy atom. The zero-order chi connectivity index (χ0) is 18.0. The molecule has 0 aliphatic carbocycles. The molecule has 0 aromatic heterocycles. The first-order valence-electron chi connectivity index (χ1n) is 8.06. The Morgan fingerprint density at radius 2 is 1.76 bits per heavy atom. The van der Waals surface area contributed by atoms with Gasteiger partial charge in [0.2, 0.25) is 0 Å². The molecule has 25 heavy (non-hydrogen) atoms. The molecule has 1 fully saturated rings. The van der Waals surface area contributed by atoms with Crippen LogP contribution in [0.25, 0.3) is 5.76 Å². The molecule has 3 rings (SSSR count). The van der Waals surface area contributed by atoms with Crippen molar-refractivity contribution in [1.82, 2.24) is 4.90 Å². The highest BCUT2D eigenvalue weighted by molar-refractivity contribution is 6.46. The van der Waals surface area contributed by atoms with Crippen molar-refractivity contribution in [1.29, 1.82) is 0 Å². The summed E-state index contributed by atoms with van der Waals surface area (Å²) in [7, 11) is 0. The maximum atomic E-state index is 12.6. The molecule has 1 aliphatic heterocycles. The number of hydrogen-bond donors (Lipinski definition) is 1. The third-order valence-corrected chi connectivity index (χ3v) is 4.31. The number of rotatable bonds is 4. The van der Waals surface area contributed by atoms with Gasteiger partial charge in [-0.3, -0.25) is 9.59 Å². The van der Waals surface area contributed by atoms with Crippen LogP contribution in [0, 0.1) is 6.92 Å². The predicted octanol–water partition coefficient (Wildman–Crippen LogP) is 3.60. The summed E-state index contributed by atoms with van der Waals surface area (Å²) in [4.78, 5) is 26.5. The monoisotopic (exact) mass is 333 g/mol. The van der Waals surface area contributed by atoms with E-state index in [0.29, 0.717) is 5.56 Å². The van der Waals surface area contributed by atoms with Crippen molar-refractivity contribution in [2.45, 2.75) is 13.0 Å². The van der Waals surface area contributed by atoms with Crippen LogP contribution in [-0.2, 0) is 9.59 Å². The maximum Gasteiger partial charge on any atom is 0.295 e. The lowest BCUT2D eigenvalue weighted by atomic mass is 9.95. The first-order valence-corrected chi connectivity index (χ1v) is 8.06. The zero-order valence-electron chi connectivity index (χ0n) is 14.0. The van der Waals surface area contributed by atoms with Crippen molar-refractivity contribution < 1.29 is 14.7 Å². The molecule has 4 nitrogen and oxygen atoms in total. The fraction of sp³-hybridized carbons (Fsp3) is 0.143. The summed E-state index contributed by atoms with van der Waals surface area (Å²) in [5.41, 5.74) is 2.48. The van der Waals surface area contributed by atoms with Gasteiger partial charge in [0.05, 0.1) is 11.6 Å². The lowest BCUT2D eigenvalue weighted by Gasteiger charge is -2.24. The Kier molecular flexibility index (Phi) is 4.52. The molecule has 0 spiro atoms. The Labute approximate surface area is 146 Å². The van der Waals surface area contributed by atoms with Gasteiger partial charge in [-0.15, -0.1) is 6.58 Å². The van der Waals surface area contributed by atoms with Gasteiger partial charge in [0.25, 0.3) is 11.7 Å². The van der Waals surface area contributed by atoms with E-state index in [1.807, 2.05) is 37.3 Å². The van der Waals surface area contributed by atoms with Crippen molar-refractivity contribution in [3.8, 4) is 0 Å². The van der Waals surface area contributed by atoms with Gasteiger partial charge in [-0.1, -0.05) is 66.2 Å². The summed E-state index contributed by atoms with van der Waals surface area (Å²) in [5.74, 6) is -1.45. The molecule has 1 N–H and O–H groups in total. The van der Waals surface area contributed by atoms with Gasteiger partial charge < -0.3 is 10.0 Å². The molecular formula is C21H19NO3. The molecule has 0 bridgehead atoms. The Bertz CT molecular complexity index is 850. The summed E-state index contributed by atoms with van der Waals surface area (Å²) in [6.07, 6.45) is 1.58. The zero-order valence-corrected chi connectivity index (χ0v) is 14.0. The molecule has 1 aliphatic rings. The van der Waals surface area contributed by atoms with Crippen LogP contribution in [0.1, 0.15) is 22.7 Å². The van der Waals surface area contributed by atoms with Gasteiger partial charge in [0.15, 0.2) is 0 Å². The van der Waals surface area contributed by atoms with E-state index in [1.54, 1.807) is 30.3 Å². The number of ketones is 1. The van der Waals surface area contributed by atoms with E-state index in [9.17, 15) is 14.7 Å². The van der Waals surface area contributed by atoms with Crippen molar-refractivity contribution in [3.05, 3.63) is 89.5 Å². The van der Waals surface area contributed by atoms with Gasteiger partial charge in [-0.05, 0) is 12.5 Å². The number of hydrogen-bond acceptors (Lipinski definition) is 3. The SMILES string of the molecule is C=CCN1C(=O)C(=O)C(=C(O)c2ccccc2)C1c1ccc(C)cc1. The molecule has 1 heterocycles. The highest BCUT2D eigenvalue weighted by Crippen LogP contribution is 2.39. The van der Waals surface area contributed by atoms with E-state index >= 15 is 0 Å². The Morgan fingerprint density at radius 3 is 2.36 bits per heavy atom. The highest BCUT2D eigenvalue weighted by atomic mass is 16.3. The summed E-state index contributed by atoms with van der Waals surface area (Å²) in [6.45, 7) is 5.87. The van der Waals surface area contributed by atoms with Gasteiger partial charge in [0, 0.05) is 12.1 Å². The van der Waals surface area contributed by atoms with E-state index in [4.69, 9.17) is 0 Å². The van der Waals surface area contributed by atoms with Gasteiger partial charge in [-0.2, -0.15) is 0 Å². The van der Waals surface area contributed by atoms with Crippen LogP contribution in [0.4, 0.5) is 0 Å². The van der Waals surface area contributed by atoms with E-state index in [-0.39, 0.29) is 17.9 Å². The number of aliphatic hydroxyl groups is 1. The molecule has 4 heteroatoms. The minimum Gasteiger partial charge on any atom is -0.507 e. The third-order valence-electron chi connectivity index (χ3n) is 4.31. The van der Waals surface area contributed by atoms with Crippen molar-refractivity contribution in [2.75, 3.05) is 6.54 Å². The van der Waals surface area contributed by atoms with Crippen LogP contribution in [0.2, 0.25) is 0 Å². The van der Waals surface area contributed by atoms with Crippen LogP contribution in [0.15, 0.2) is 72.8 Å². The number of Topliss-reactive ketones (excluding diaryl/α,β-unsaturated/α-hetero) is 1. The fourth-order valence-corrected chi connectivity index (χ4v) is 3.05. The normalized spacial score (nSPS) is 19.2. The van der Waals surface area contributed by atoms with Crippen molar-refractivity contribution in [2.24, 2.45) is 0 Å². The van der Waals surface area contributed by atoms with E-state index in [0.717, 1.165) is 11.1 Å². The van der Waals surface area contributed by atoms with Gasteiger partial charge >= 0.3 is 0 Å². The molecule has 0 saturated carbocycles. The first kappa shape index (κ1) is 16.7. The van der Waals surface area contributed by atoms with Crippen LogP contribution in [-0.4, -0.2) is 28.2 Å². The average Bonchev–Trinajstić information content (AvgIpc) is 2.88. The molecule has 1 unspecified atom stereocenters. The second-order valence-corrected chi connectivity index (χ2v) is 6.02. The number of carbonyl (C=O) groups excluding carboxylic acids is 2. The smallest absolute Gasteiger partial charge is 0.295 e. The van der Waals surface area contributed by atoms with E-state index in [1.165, 1.54) is 4.90 Å². The number of benzene rings is 2. The quantitative estimate of drug-likeness (QED) is 0.402. The minimum absolute atomic E-state index is 0.113. The van der Waals surface area contributed by atoms with E-state index < -0.39 is 17.7 Å². The van der Waals surface area contributed by atoms with Gasteiger partial charge in [-0.25, -0.2) is 0 Å². The topological polar surface area (TPSA) is 57.6 Å². The predicted molar refractivity (Wildman–Crippen MR) is 96.8 cm³/mol. The third kappa shape index (κ3) is 2.98. The maximum absolute atomic E-state index is 12.6. The molecule has 1 amide bonds. The van der Waals surface area contributed by atoms with Crippen LogP contribution >= 0.6 is 0 Å². The summed E-state index contributed by atoms with van der Waals surface area (Å²) in [5, 5.41) is 10.7. The number of carbonyl (C=O) groups is 2. The first-order chi connectivity index (χ1) is 12.0. The standard InChI is InChI=1S/C21H19NO3/c1-3-13-22-18(15-11-9-14(2)10-12-15)17(20(24)21(22)25)19(23)16-7-5-4-6-8-16/h3-12,18,23H,1,13H2,2H3. The molecule has 2 aromatic carbocycles. The minimum atomic E-state index is -0.672. The molecule has 126 valence electrons. The fourth-order valence-electron chi connectivity index (χ4n) is 3.05. The molecule has 1 saturated heterocycles. The molecule has 2 aromatic rings. The second kappa shape index (κ2) is 6.77. The number of aryl methyl sites for hydroxylation is 1. The van der Waals surface area contributed by atoms with Gasteiger partial charge in [0.1, 0.15) is 5.76 Å². The summed E-state index contributed by atoms with van der Waals surface area (Å²) < 4.78 is 0. The molecule has 1 atom stereocenters. The molecular weight excluding hydrogens is 314 g/mol. The second-order valence-electron chi connectivity index (χ2n) is 6.02. The average molecular weight is 333 g/mol. The highest BCUT2D eigenvalue weighted by Gasteiger charge is 2.45. The van der Waals surface area contributed by atoms with Crippen LogP contribution < -0.4 is 0 Å². The number of likely N-dealkylation sites (tertiary alicyclic amines) is 1. The summed E-state index contributed by atoms with van der Waals surface area (Å²) >= 11 is 0. The number of nitrogens with zero attached hydrogens (tertiary/aromatic N) is 1. The van der Waals surface area contributed by atoms with Crippen molar-refractivity contribution >= 4 is 17.4 Å². The lowest BCUT2D eigenvalue weighted by Crippen LogP contribution is -2.29. The largest absolute Gasteiger partial charge is 0.507 e. The lowest BCUT2D eigenvalue weighted by molar-refractivity contribution is -0.139. The summed E-state index contributed by atoms with van der Waals surface area (Å²) in [6, 6.07) is 15.8. The number of aliphatic hydroxyl groups excluding tert-OH is 1. The van der Waals surface area contributed by atoms with Crippen LogP contribution in [0.5, 0.6) is 0 Å².